The highest BCUT2D eigenvalue weighted by atomic mass is 19.1. The molecule has 2 aromatic carbocycles. The molecule has 1 saturated carbocycles. The largest absolute Gasteiger partial charge is 0.326 e. The molecular formula is C20H21FN4O3. The first-order valence-electron chi connectivity index (χ1n) is 9.33. The van der Waals surface area contributed by atoms with Crippen molar-refractivity contribution in [2.45, 2.75) is 31.3 Å². The molecule has 2 aliphatic rings. The van der Waals surface area contributed by atoms with Gasteiger partial charge in [0.1, 0.15) is 5.82 Å². The molecule has 146 valence electrons. The average Bonchev–Trinajstić information content (AvgIpc) is 3.12. The Balaban J connectivity index is 1.45. The van der Waals surface area contributed by atoms with E-state index in [4.69, 9.17) is 0 Å². The second-order valence-electron chi connectivity index (χ2n) is 7.39. The van der Waals surface area contributed by atoms with Crippen molar-refractivity contribution < 1.29 is 14.1 Å². The number of nitrogens with zero attached hydrogens (tertiary/aromatic N) is 1. The number of non-ortho nitro benzene ring substituents is 1. The Kier molecular flexibility index (Phi) is 5.06. The van der Waals surface area contributed by atoms with Crippen LogP contribution in [0.5, 0.6) is 0 Å². The Morgan fingerprint density at radius 2 is 1.93 bits per heavy atom. The molecule has 2 fully saturated rings. The molecule has 1 amide bonds. The Bertz CT molecular complexity index is 889. The smallest absolute Gasteiger partial charge is 0.271 e. The van der Waals surface area contributed by atoms with Gasteiger partial charge in [0.15, 0.2) is 0 Å². The van der Waals surface area contributed by atoms with E-state index in [1.54, 1.807) is 24.3 Å². The summed E-state index contributed by atoms with van der Waals surface area (Å²) < 4.78 is 13.2. The number of hydrogen-bond acceptors (Lipinski definition) is 5. The molecule has 4 atom stereocenters. The molecule has 4 unspecified atom stereocenters. The zero-order chi connectivity index (χ0) is 19.7. The average molecular weight is 384 g/mol. The summed E-state index contributed by atoms with van der Waals surface area (Å²) in [7, 11) is 0. The standard InChI is InChI=1S/C20H21FN4O3/c21-14-7-4-12(5-8-14)19-17-10-13(6-9-18(17)23-24-19)20(26)22-15-2-1-3-16(11-15)25(27)28/h1-5,7-8,11,13,17-19,23-24H,6,9-10H2,(H,22,26). The van der Waals surface area contributed by atoms with Gasteiger partial charge in [0, 0.05) is 29.8 Å². The number of fused-ring (bicyclic) bond motifs is 1. The molecule has 4 rings (SSSR count). The summed E-state index contributed by atoms with van der Waals surface area (Å²) in [6, 6.07) is 12.7. The zero-order valence-electron chi connectivity index (χ0n) is 15.1. The van der Waals surface area contributed by atoms with Crippen molar-refractivity contribution in [1.29, 1.82) is 0 Å². The fourth-order valence-electron chi connectivity index (χ4n) is 4.24. The quantitative estimate of drug-likeness (QED) is 0.555. The predicted octanol–water partition coefficient (Wildman–Crippen LogP) is 3.31. The first kappa shape index (κ1) is 18.5. The summed E-state index contributed by atoms with van der Waals surface area (Å²) in [5, 5.41) is 13.7. The van der Waals surface area contributed by atoms with Gasteiger partial charge in [-0.3, -0.25) is 20.3 Å². The van der Waals surface area contributed by atoms with Crippen molar-refractivity contribution in [3.05, 3.63) is 70.0 Å². The maximum Gasteiger partial charge on any atom is 0.271 e. The van der Waals surface area contributed by atoms with Crippen molar-refractivity contribution in [2.75, 3.05) is 5.32 Å². The molecule has 1 aliphatic carbocycles. The lowest BCUT2D eigenvalue weighted by Crippen LogP contribution is -2.38. The molecule has 0 bridgehead atoms. The van der Waals surface area contributed by atoms with Crippen LogP contribution in [0.15, 0.2) is 48.5 Å². The van der Waals surface area contributed by atoms with E-state index in [-0.39, 0.29) is 41.3 Å². The number of nitro benzene ring substituents is 1. The van der Waals surface area contributed by atoms with E-state index in [9.17, 15) is 19.3 Å². The number of carbonyl (C=O) groups is 1. The van der Waals surface area contributed by atoms with Crippen molar-refractivity contribution in [3.63, 3.8) is 0 Å². The van der Waals surface area contributed by atoms with E-state index in [1.165, 1.54) is 24.3 Å². The van der Waals surface area contributed by atoms with Crippen LogP contribution in [0.3, 0.4) is 0 Å². The molecular weight excluding hydrogens is 363 g/mol. The molecule has 1 aliphatic heterocycles. The molecule has 1 saturated heterocycles. The predicted molar refractivity (Wildman–Crippen MR) is 102 cm³/mol. The van der Waals surface area contributed by atoms with Gasteiger partial charge in [0.05, 0.1) is 11.0 Å². The molecule has 8 heteroatoms. The number of carbonyl (C=O) groups excluding carboxylic acids is 1. The SMILES string of the molecule is O=C(Nc1cccc([N+](=O)[O-])c1)C1CCC2NNC(c3ccc(F)cc3)C2C1. The van der Waals surface area contributed by atoms with E-state index in [2.05, 4.69) is 16.2 Å². The van der Waals surface area contributed by atoms with E-state index in [1.807, 2.05) is 0 Å². The normalized spacial score (nSPS) is 26.5. The summed E-state index contributed by atoms with van der Waals surface area (Å²) in [4.78, 5) is 23.2. The van der Waals surface area contributed by atoms with Crippen LogP contribution in [-0.4, -0.2) is 16.9 Å². The number of halogens is 1. The van der Waals surface area contributed by atoms with Gasteiger partial charge in [-0.05, 0) is 48.9 Å². The number of nitro groups is 1. The number of amides is 1. The lowest BCUT2D eigenvalue weighted by molar-refractivity contribution is -0.384. The number of nitrogens with one attached hydrogen (secondary N) is 3. The Labute approximate surface area is 161 Å². The van der Waals surface area contributed by atoms with Gasteiger partial charge < -0.3 is 5.32 Å². The molecule has 1 heterocycles. The molecule has 28 heavy (non-hydrogen) atoms. The van der Waals surface area contributed by atoms with Gasteiger partial charge in [-0.1, -0.05) is 18.2 Å². The highest BCUT2D eigenvalue weighted by Gasteiger charge is 2.42. The van der Waals surface area contributed by atoms with Crippen LogP contribution in [-0.2, 0) is 4.79 Å². The van der Waals surface area contributed by atoms with Crippen LogP contribution in [0.2, 0.25) is 0 Å². The van der Waals surface area contributed by atoms with Crippen molar-refractivity contribution in [1.82, 2.24) is 10.9 Å². The maximum absolute atomic E-state index is 13.2. The first-order chi connectivity index (χ1) is 13.5. The topological polar surface area (TPSA) is 96.3 Å². The first-order valence-corrected chi connectivity index (χ1v) is 9.33. The third-order valence-corrected chi connectivity index (χ3v) is 5.68. The summed E-state index contributed by atoms with van der Waals surface area (Å²) in [6.07, 6.45) is 2.28. The molecule has 3 N–H and O–H groups in total. The van der Waals surface area contributed by atoms with Crippen molar-refractivity contribution in [2.24, 2.45) is 11.8 Å². The molecule has 7 nitrogen and oxygen atoms in total. The molecule has 0 aromatic heterocycles. The van der Waals surface area contributed by atoms with Gasteiger partial charge in [-0.25, -0.2) is 9.82 Å². The van der Waals surface area contributed by atoms with Crippen LogP contribution in [0.1, 0.15) is 30.9 Å². The maximum atomic E-state index is 13.2. The number of benzene rings is 2. The third-order valence-electron chi connectivity index (χ3n) is 5.68. The van der Waals surface area contributed by atoms with Gasteiger partial charge in [0.25, 0.3) is 5.69 Å². The number of rotatable bonds is 4. The second-order valence-corrected chi connectivity index (χ2v) is 7.39. The van der Waals surface area contributed by atoms with E-state index in [0.29, 0.717) is 12.1 Å². The highest BCUT2D eigenvalue weighted by molar-refractivity contribution is 5.92. The number of anilines is 1. The van der Waals surface area contributed by atoms with Gasteiger partial charge in [0.2, 0.25) is 5.91 Å². The summed E-state index contributed by atoms with van der Waals surface area (Å²) in [6.45, 7) is 0. The summed E-state index contributed by atoms with van der Waals surface area (Å²) in [5.41, 5.74) is 7.95. The number of hydrogen-bond donors (Lipinski definition) is 3. The van der Waals surface area contributed by atoms with Crippen molar-refractivity contribution >= 4 is 17.3 Å². The minimum atomic E-state index is -0.482. The van der Waals surface area contributed by atoms with E-state index >= 15 is 0 Å². The van der Waals surface area contributed by atoms with Crippen LogP contribution in [0, 0.1) is 27.8 Å². The van der Waals surface area contributed by atoms with Gasteiger partial charge in [-0.15, -0.1) is 0 Å². The summed E-state index contributed by atoms with van der Waals surface area (Å²) >= 11 is 0. The van der Waals surface area contributed by atoms with Crippen LogP contribution in [0.4, 0.5) is 15.8 Å². The summed E-state index contributed by atoms with van der Waals surface area (Å²) in [5.74, 6) is -0.363. The lowest BCUT2D eigenvalue weighted by atomic mass is 9.74. The molecule has 2 aromatic rings. The minimum Gasteiger partial charge on any atom is -0.326 e. The molecule has 0 spiro atoms. The van der Waals surface area contributed by atoms with E-state index < -0.39 is 4.92 Å². The highest BCUT2D eigenvalue weighted by Crippen LogP contribution is 2.40. The van der Waals surface area contributed by atoms with Crippen LogP contribution >= 0.6 is 0 Å². The molecule has 0 radical (unpaired) electrons. The van der Waals surface area contributed by atoms with Crippen LogP contribution < -0.4 is 16.2 Å². The lowest BCUT2D eigenvalue weighted by Gasteiger charge is -2.32. The number of hydrazine groups is 1. The Morgan fingerprint density at radius 3 is 2.68 bits per heavy atom. The van der Waals surface area contributed by atoms with Gasteiger partial charge in [-0.2, -0.15) is 0 Å². The third kappa shape index (κ3) is 3.74. The fourth-order valence-corrected chi connectivity index (χ4v) is 4.24. The van der Waals surface area contributed by atoms with Crippen LogP contribution in [0.25, 0.3) is 0 Å². The van der Waals surface area contributed by atoms with Crippen molar-refractivity contribution in [3.8, 4) is 0 Å². The monoisotopic (exact) mass is 384 g/mol. The minimum absolute atomic E-state index is 0.0130. The second kappa shape index (κ2) is 7.65. The Morgan fingerprint density at radius 1 is 1.14 bits per heavy atom. The van der Waals surface area contributed by atoms with E-state index in [0.717, 1.165) is 18.4 Å². The zero-order valence-corrected chi connectivity index (χ0v) is 15.1. The van der Waals surface area contributed by atoms with Gasteiger partial charge >= 0.3 is 0 Å². The Hall–Kier alpha value is -2.84. The fraction of sp³-hybridized carbons (Fsp3) is 0.350.